The van der Waals surface area contributed by atoms with E-state index in [9.17, 15) is 4.79 Å². The smallest absolute Gasteiger partial charge is 0.239 e. The van der Waals surface area contributed by atoms with Gasteiger partial charge in [0.25, 0.3) is 0 Å². The minimum absolute atomic E-state index is 0.315. The molecule has 1 saturated heterocycles. The van der Waals surface area contributed by atoms with Crippen LogP contribution in [0.25, 0.3) is 0 Å². The van der Waals surface area contributed by atoms with Crippen molar-refractivity contribution < 1.29 is 4.79 Å². The Hall–Kier alpha value is -2.24. The lowest BCUT2D eigenvalue weighted by Crippen LogP contribution is -2.37. The van der Waals surface area contributed by atoms with Gasteiger partial charge >= 0.3 is 0 Å². The SMILES string of the molecule is CN1CC[C@@H](CN[C@H](C(N)=O)c2ccccc2)[C@@H]1c1cccnc1. The van der Waals surface area contributed by atoms with E-state index in [1.54, 1.807) is 6.20 Å². The van der Waals surface area contributed by atoms with Crippen LogP contribution in [0.4, 0.5) is 0 Å². The highest BCUT2D eigenvalue weighted by Crippen LogP contribution is 2.35. The number of primary amides is 1. The lowest BCUT2D eigenvalue weighted by molar-refractivity contribution is -0.120. The van der Waals surface area contributed by atoms with Crippen molar-refractivity contribution in [2.75, 3.05) is 20.1 Å². The molecule has 1 aromatic carbocycles. The second kappa shape index (κ2) is 7.55. The van der Waals surface area contributed by atoms with Crippen LogP contribution in [0, 0.1) is 5.92 Å². The highest BCUT2D eigenvalue weighted by atomic mass is 16.1. The summed E-state index contributed by atoms with van der Waals surface area (Å²) in [6, 6.07) is 13.6. The van der Waals surface area contributed by atoms with Crippen LogP contribution in [0.5, 0.6) is 0 Å². The Bertz CT molecular complexity index is 662. The Morgan fingerprint density at radius 2 is 2.12 bits per heavy atom. The molecule has 2 aromatic rings. The Morgan fingerprint density at radius 1 is 1.33 bits per heavy atom. The molecule has 1 aromatic heterocycles. The van der Waals surface area contributed by atoms with Crippen LogP contribution in [0.2, 0.25) is 0 Å². The molecule has 0 saturated carbocycles. The molecule has 0 bridgehead atoms. The van der Waals surface area contributed by atoms with E-state index in [0.29, 0.717) is 12.0 Å². The second-order valence-corrected chi connectivity index (χ2v) is 6.41. The van der Waals surface area contributed by atoms with Crippen molar-refractivity contribution in [3.05, 3.63) is 66.0 Å². The van der Waals surface area contributed by atoms with Gasteiger partial charge in [0.1, 0.15) is 6.04 Å². The van der Waals surface area contributed by atoms with E-state index in [1.807, 2.05) is 42.6 Å². The summed E-state index contributed by atoms with van der Waals surface area (Å²) in [4.78, 5) is 18.5. The van der Waals surface area contributed by atoms with Crippen LogP contribution < -0.4 is 11.1 Å². The van der Waals surface area contributed by atoms with Gasteiger partial charge in [0.05, 0.1) is 0 Å². The number of nitrogens with one attached hydrogen (secondary N) is 1. The molecule has 5 heteroatoms. The maximum absolute atomic E-state index is 11.9. The van der Waals surface area contributed by atoms with Gasteiger partial charge in [-0.05, 0) is 43.1 Å². The first kappa shape index (κ1) is 16.6. The molecule has 3 rings (SSSR count). The number of rotatable bonds is 6. The average molecular weight is 324 g/mol. The topological polar surface area (TPSA) is 71.2 Å². The van der Waals surface area contributed by atoms with E-state index in [1.165, 1.54) is 5.56 Å². The quantitative estimate of drug-likeness (QED) is 0.851. The number of hydrogen-bond acceptors (Lipinski definition) is 4. The molecule has 3 N–H and O–H groups in total. The third-order valence-corrected chi connectivity index (χ3v) is 4.80. The van der Waals surface area contributed by atoms with Gasteiger partial charge in [0, 0.05) is 25.0 Å². The van der Waals surface area contributed by atoms with Gasteiger partial charge in [-0.1, -0.05) is 36.4 Å². The zero-order valence-electron chi connectivity index (χ0n) is 13.9. The Kier molecular flexibility index (Phi) is 5.23. The van der Waals surface area contributed by atoms with Gasteiger partial charge in [-0.25, -0.2) is 0 Å². The van der Waals surface area contributed by atoms with E-state index in [-0.39, 0.29) is 5.91 Å². The second-order valence-electron chi connectivity index (χ2n) is 6.41. The van der Waals surface area contributed by atoms with Crippen molar-refractivity contribution in [2.45, 2.75) is 18.5 Å². The van der Waals surface area contributed by atoms with Crippen LogP contribution >= 0.6 is 0 Å². The van der Waals surface area contributed by atoms with Crippen molar-refractivity contribution in [3.63, 3.8) is 0 Å². The monoisotopic (exact) mass is 324 g/mol. The summed E-state index contributed by atoms with van der Waals surface area (Å²) in [6.07, 6.45) is 4.82. The molecule has 126 valence electrons. The van der Waals surface area contributed by atoms with E-state index in [0.717, 1.165) is 25.1 Å². The predicted octanol–water partition coefficient (Wildman–Crippen LogP) is 1.89. The fourth-order valence-corrected chi connectivity index (χ4v) is 3.61. The fraction of sp³-hybridized carbons (Fsp3) is 0.368. The summed E-state index contributed by atoms with van der Waals surface area (Å²) in [5.41, 5.74) is 7.74. The molecule has 1 aliphatic heterocycles. The van der Waals surface area contributed by atoms with Gasteiger partial charge in [0.15, 0.2) is 0 Å². The number of benzene rings is 1. The van der Waals surface area contributed by atoms with Crippen molar-refractivity contribution >= 4 is 5.91 Å². The van der Waals surface area contributed by atoms with Crippen LogP contribution in [-0.4, -0.2) is 35.9 Å². The third kappa shape index (κ3) is 3.63. The first-order chi connectivity index (χ1) is 11.7. The number of nitrogens with two attached hydrogens (primary N) is 1. The van der Waals surface area contributed by atoms with Crippen molar-refractivity contribution in [1.29, 1.82) is 0 Å². The first-order valence-corrected chi connectivity index (χ1v) is 8.34. The molecule has 1 amide bonds. The summed E-state index contributed by atoms with van der Waals surface area (Å²) in [7, 11) is 2.14. The summed E-state index contributed by atoms with van der Waals surface area (Å²) in [5, 5.41) is 3.38. The molecule has 5 nitrogen and oxygen atoms in total. The molecular weight excluding hydrogens is 300 g/mol. The number of hydrogen-bond donors (Lipinski definition) is 2. The minimum atomic E-state index is -0.452. The van der Waals surface area contributed by atoms with Crippen LogP contribution in [0.15, 0.2) is 54.9 Å². The summed E-state index contributed by atoms with van der Waals surface area (Å²) in [5.74, 6) is 0.0789. The molecule has 2 heterocycles. The van der Waals surface area contributed by atoms with E-state index in [4.69, 9.17) is 5.73 Å². The Labute approximate surface area is 142 Å². The first-order valence-electron chi connectivity index (χ1n) is 8.34. The van der Waals surface area contributed by atoms with Crippen LogP contribution in [0.3, 0.4) is 0 Å². The number of likely N-dealkylation sites (tertiary alicyclic amines) is 1. The number of carbonyl (C=O) groups is 1. The van der Waals surface area contributed by atoms with E-state index >= 15 is 0 Å². The van der Waals surface area contributed by atoms with Gasteiger partial charge in [0.2, 0.25) is 5.91 Å². The van der Waals surface area contributed by atoms with Crippen LogP contribution in [-0.2, 0) is 4.79 Å². The molecule has 0 spiro atoms. The number of aromatic nitrogens is 1. The minimum Gasteiger partial charge on any atom is -0.368 e. The largest absolute Gasteiger partial charge is 0.368 e. The molecular formula is C19H24N4O. The van der Waals surface area contributed by atoms with Gasteiger partial charge < -0.3 is 11.1 Å². The lowest BCUT2D eigenvalue weighted by Gasteiger charge is -2.27. The van der Waals surface area contributed by atoms with Gasteiger partial charge in [-0.2, -0.15) is 0 Å². The van der Waals surface area contributed by atoms with Gasteiger partial charge in [-0.15, -0.1) is 0 Å². The maximum Gasteiger partial charge on any atom is 0.239 e. The number of amides is 1. The summed E-state index contributed by atoms with van der Waals surface area (Å²) in [6.45, 7) is 1.78. The highest BCUT2D eigenvalue weighted by Gasteiger charge is 2.33. The Balaban J connectivity index is 1.71. The number of pyridine rings is 1. The Morgan fingerprint density at radius 3 is 2.79 bits per heavy atom. The average Bonchev–Trinajstić information content (AvgIpc) is 2.97. The van der Waals surface area contributed by atoms with E-state index in [2.05, 4.69) is 28.3 Å². The van der Waals surface area contributed by atoms with Crippen molar-refractivity contribution in [2.24, 2.45) is 11.7 Å². The summed E-state index contributed by atoms with van der Waals surface area (Å²) >= 11 is 0. The zero-order valence-corrected chi connectivity index (χ0v) is 13.9. The molecule has 1 aliphatic rings. The number of carbonyl (C=O) groups excluding carboxylic acids is 1. The molecule has 3 atom stereocenters. The van der Waals surface area contributed by atoms with Crippen molar-refractivity contribution in [3.8, 4) is 0 Å². The standard InChI is InChI=1S/C19H24N4O/c1-23-11-9-16(18(23)15-8-5-10-21-12-15)13-22-17(19(20)24)14-6-3-2-4-7-14/h2-8,10,12,16-18,22H,9,11,13H2,1H3,(H2,20,24)/t16-,17-,18-/m0/s1. The van der Waals surface area contributed by atoms with E-state index < -0.39 is 6.04 Å². The molecule has 1 fully saturated rings. The van der Waals surface area contributed by atoms with Gasteiger partial charge in [-0.3, -0.25) is 14.7 Å². The molecule has 24 heavy (non-hydrogen) atoms. The zero-order chi connectivity index (χ0) is 16.9. The van der Waals surface area contributed by atoms with Crippen LogP contribution in [0.1, 0.15) is 29.6 Å². The summed E-state index contributed by atoms with van der Waals surface area (Å²) < 4.78 is 0. The fourth-order valence-electron chi connectivity index (χ4n) is 3.61. The maximum atomic E-state index is 11.9. The molecule has 0 radical (unpaired) electrons. The molecule has 0 unspecified atom stereocenters. The number of nitrogens with zero attached hydrogens (tertiary/aromatic N) is 2. The highest BCUT2D eigenvalue weighted by molar-refractivity contribution is 5.81. The predicted molar refractivity (Wildman–Crippen MR) is 94.1 cm³/mol. The molecule has 0 aliphatic carbocycles. The lowest BCUT2D eigenvalue weighted by atomic mass is 9.94. The third-order valence-electron chi connectivity index (χ3n) is 4.80. The van der Waals surface area contributed by atoms with Crippen molar-refractivity contribution in [1.82, 2.24) is 15.2 Å². The normalized spacial score (nSPS) is 22.4.